The summed E-state index contributed by atoms with van der Waals surface area (Å²) in [4.78, 5) is 14.9. The van der Waals surface area contributed by atoms with E-state index in [0.29, 0.717) is 18.5 Å². The minimum atomic E-state index is 0.206. The molecular weight excluding hydrogens is 264 g/mol. The Hall–Kier alpha value is -2.17. The monoisotopic (exact) mass is 284 g/mol. The Balaban J connectivity index is 1.90. The molecule has 110 valence electrons. The number of rotatable bonds is 4. The Bertz CT molecular complexity index is 615. The van der Waals surface area contributed by atoms with Crippen LogP contribution in [0.4, 0.5) is 5.82 Å². The number of anilines is 1. The largest absolute Gasteiger partial charge is 0.478 e. The highest BCUT2D eigenvalue weighted by molar-refractivity contribution is 5.49. The van der Waals surface area contributed by atoms with E-state index in [-0.39, 0.29) is 5.41 Å². The van der Waals surface area contributed by atoms with Crippen molar-refractivity contribution in [3.8, 4) is 5.88 Å². The van der Waals surface area contributed by atoms with Crippen molar-refractivity contribution in [3.05, 3.63) is 42.5 Å². The fourth-order valence-electron chi connectivity index (χ4n) is 3.03. The number of pyridine rings is 1. The molecule has 0 aliphatic carbocycles. The predicted octanol–water partition coefficient (Wildman–Crippen LogP) is 2.86. The van der Waals surface area contributed by atoms with E-state index in [0.717, 1.165) is 12.4 Å². The Morgan fingerprint density at radius 1 is 1.29 bits per heavy atom. The molecule has 1 aliphatic rings. The fourth-order valence-corrected chi connectivity index (χ4v) is 3.03. The maximum Gasteiger partial charge on any atom is 0.218 e. The third-order valence-electron chi connectivity index (χ3n) is 3.87. The molecule has 21 heavy (non-hydrogen) atoms. The molecule has 1 atom stereocenters. The zero-order valence-electron chi connectivity index (χ0n) is 12.7. The zero-order chi connectivity index (χ0) is 14.9. The van der Waals surface area contributed by atoms with E-state index in [2.05, 4.69) is 45.8 Å². The second kappa shape index (κ2) is 5.31. The molecule has 5 heteroatoms. The van der Waals surface area contributed by atoms with Gasteiger partial charge < -0.3 is 9.64 Å². The second-order valence-corrected chi connectivity index (χ2v) is 5.95. The first kappa shape index (κ1) is 13.8. The van der Waals surface area contributed by atoms with Gasteiger partial charge in [0, 0.05) is 30.4 Å². The first-order chi connectivity index (χ1) is 10.1. The molecule has 1 fully saturated rings. The molecule has 0 saturated carbocycles. The molecule has 3 rings (SSSR count). The lowest BCUT2D eigenvalue weighted by Gasteiger charge is -2.55. The Kier molecular flexibility index (Phi) is 3.49. The van der Waals surface area contributed by atoms with Crippen molar-refractivity contribution < 1.29 is 4.74 Å². The number of aromatic nitrogens is 3. The summed E-state index contributed by atoms with van der Waals surface area (Å²) in [5.74, 6) is 1.54. The Morgan fingerprint density at radius 2 is 2.05 bits per heavy atom. The third-order valence-corrected chi connectivity index (χ3v) is 3.87. The zero-order valence-corrected chi connectivity index (χ0v) is 12.7. The van der Waals surface area contributed by atoms with Gasteiger partial charge >= 0.3 is 0 Å². The molecule has 0 unspecified atom stereocenters. The lowest BCUT2D eigenvalue weighted by molar-refractivity contribution is 0.178. The minimum Gasteiger partial charge on any atom is -0.478 e. The number of ether oxygens (including phenoxy) is 1. The van der Waals surface area contributed by atoms with Crippen molar-refractivity contribution >= 4 is 5.82 Å². The van der Waals surface area contributed by atoms with Crippen LogP contribution in [-0.4, -0.2) is 28.1 Å². The molecule has 3 heterocycles. The Morgan fingerprint density at radius 3 is 2.71 bits per heavy atom. The topological polar surface area (TPSA) is 51.1 Å². The van der Waals surface area contributed by atoms with E-state index in [1.165, 1.54) is 5.56 Å². The summed E-state index contributed by atoms with van der Waals surface area (Å²) < 4.78 is 5.47. The highest BCUT2D eigenvalue weighted by Gasteiger charge is 2.47. The Labute approximate surface area is 125 Å². The van der Waals surface area contributed by atoms with Gasteiger partial charge in [-0.1, -0.05) is 13.8 Å². The van der Waals surface area contributed by atoms with Crippen molar-refractivity contribution in [2.75, 3.05) is 18.1 Å². The fraction of sp³-hybridized carbons (Fsp3) is 0.438. The van der Waals surface area contributed by atoms with Crippen LogP contribution in [0, 0.1) is 5.41 Å². The standard InChI is InChI=1S/C16H20N4O/c1-4-21-14-9-13(18-11-19-14)20-10-16(2,3)15(20)12-5-7-17-8-6-12/h5-9,11,15H,4,10H2,1-3H3/t15-/m1/s1. The molecule has 0 bridgehead atoms. The van der Waals surface area contributed by atoms with Gasteiger partial charge in [0.05, 0.1) is 12.6 Å². The number of hydrogen-bond acceptors (Lipinski definition) is 5. The van der Waals surface area contributed by atoms with Crippen molar-refractivity contribution in [1.29, 1.82) is 0 Å². The summed E-state index contributed by atoms with van der Waals surface area (Å²) in [7, 11) is 0. The van der Waals surface area contributed by atoms with Gasteiger partial charge in [0.1, 0.15) is 12.1 Å². The van der Waals surface area contributed by atoms with Gasteiger partial charge in [-0.2, -0.15) is 0 Å². The smallest absolute Gasteiger partial charge is 0.218 e. The number of nitrogens with zero attached hydrogens (tertiary/aromatic N) is 4. The number of hydrogen-bond donors (Lipinski definition) is 0. The van der Waals surface area contributed by atoms with E-state index in [1.807, 2.05) is 25.4 Å². The van der Waals surface area contributed by atoms with Gasteiger partial charge in [-0.3, -0.25) is 4.98 Å². The summed E-state index contributed by atoms with van der Waals surface area (Å²) in [6, 6.07) is 6.35. The maximum atomic E-state index is 5.47. The van der Waals surface area contributed by atoms with Gasteiger partial charge in [0.25, 0.3) is 0 Å². The lowest BCUT2D eigenvalue weighted by atomic mass is 9.72. The lowest BCUT2D eigenvalue weighted by Crippen LogP contribution is -2.56. The van der Waals surface area contributed by atoms with Crippen LogP contribution in [0.1, 0.15) is 32.4 Å². The molecule has 0 radical (unpaired) electrons. The van der Waals surface area contributed by atoms with Crippen molar-refractivity contribution in [1.82, 2.24) is 15.0 Å². The van der Waals surface area contributed by atoms with Crippen LogP contribution >= 0.6 is 0 Å². The van der Waals surface area contributed by atoms with E-state index in [4.69, 9.17) is 4.74 Å². The molecule has 5 nitrogen and oxygen atoms in total. The van der Waals surface area contributed by atoms with Gasteiger partial charge in [0.2, 0.25) is 5.88 Å². The summed E-state index contributed by atoms with van der Waals surface area (Å²) in [5.41, 5.74) is 1.47. The molecule has 0 aromatic carbocycles. The average Bonchev–Trinajstić information content (AvgIpc) is 2.47. The van der Waals surface area contributed by atoms with E-state index >= 15 is 0 Å². The van der Waals surface area contributed by atoms with Crippen LogP contribution in [0.2, 0.25) is 0 Å². The molecule has 2 aromatic heterocycles. The molecule has 1 saturated heterocycles. The average molecular weight is 284 g/mol. The normalized spacial score (nSPS) is 20.0. The van der Waals surface area contributed by atoms with Gasteiger partial charge in [-0.25, -0.2) is 9.97 Å². The van der Waals surface area contributed by atoms with Gasteiger partial charge in [-0.05, 0) is 24.6 Å². The molecule has 0 N–H and O–H groups in total. The van der Waals surface area contributed by atoms with Crippen LogP contribution in [0.3, 0.4) is 0 Å². The van der Waals surface area contributed by atoms with E-state index in [1.54, 1.807) is 6.33 Å². The highest BCUT2D eigenvalue weighted by atomic mass is 16.5. The summed E-state index contributed by atoms with van der Waals surface area (Å²) >= 11 is 0. The van der Waals surface area contributed by atoms with Gasteiger partial charge in [0.15, 0.2) is 0 Å². The third kappa shape index (κ3) is 2.55. The summed E-state index contributed by atoms with van der Waals surface area (Å²) in [5, 5.41) is 0. The molecule has 1 aliphatic heterocycles. The summed E-state index contributed by atoms with van der Waals surface area (Å²) in [6.07, 6.45) is 5.25. The highest BCUT2D eigenvalue weighted by Crippen LogP contribution is 2.49. The molecular formula is C16H20N4O. The predicted molar refractivity (Wildman–Crippen MR) is 81.3 cm³/mol. The van der Waals surface area contributed by atoms with Crippen molar-refractivity contribution in [3.63, 3.8) is 0 Å². The van der Waals surface area contributed by atoms with Crippen LogP contribution in [0.15, 0.2) is 36.9 Å². The first-order valence-electron chi connectivity index (χ1n) is 7.23. The second-order valence-electron chi connectivity index (χ2n) is 5.95. The quantitative estimate of drug-likeness (QED) is 0.864. The maximum absolute atomic E-state index is 5.47. The van der Waals surface area contributed by atoms with Crippen LogP contribution in [0.5, 0.6) is 5.88 Å². The molecule has 0 amide bonds. The van der Waals surface area contributed by atoms with Crippen molar-refractivity contribution in [2.45, 2.75) is 26.8 Å². The molecule has 0 spiro atoms. The van der Waals surface area contributed by atoms with Crippen LogP contribution in [0.25, 0.3) is 0 Å². The van der Waals surface area contributed by atoms with Crippen LogP contribution < -0.4 is 9.64 Å². The SMILES string of the molecule is CCOc1cc(N2CC(C)(C)[C@H]2c2ccncc2)ncn1. The van der Waals surface area contributed by atoms with E-state index in [9.17, 15) is 0 Å². The minimum absolute atomic E-state index is 0.206. The van der Waals surface area contributed by atoms with E-state index < -0.39 is 0 Å². The first-order valence-corrected chi connectivity index (χ1v) is 7.23. The van der Waals surface area contributed by atoms with Crippen molar-refractivity contribution in [2.24, 2.45) is 5.41 Å². The molecule has 2 aromatic rings. The van der Waals surface area contributed by atoms with Crippen LogP contribution in [-0.2, 0) is 0 Å². The van der Waals surface area contributed by atoms with Gasteiger partial charge in [-0.15, -0.1) is 0 Å². The summed E-state index contributed by atoms with van der Waals surface area (Å²) in [6.45, 7) is 8.07.